The van der Waals surface area contributed by atoms with Gasteiger partial charge in [-0.2, -0.15) is 13.2 Å². The highest BCUT2D eigenvalue weighted by Crippen LogP contribution is 2.45. The first-order valence-electron chi connectivity index (χ1n) is 12.1. The minimum atomic E-state index is -5.14. The zero-order valence-corrected chi connectivity index (χ0v) is 19.9. The van der Waals surface area contributed by atoms with E-state index in [4.69, 9.17) is 4.74 Å². The molecule has 0 radical (unpaired) electrons. The summed E-state index contributed by atoms with van der Waals surface area (Å²) in [5.74, 6) is -7.84. The first-order chi connectivity index (χ1) is 17.4. The summed E-state index contributed by atoms with van der Waals surface area (Å²) in [5, 5.41) is 0. The Bertz CT molecular complexity index is 1120. The average molecular weight is 536 g/mol. The molecule has 10 heteroatoms. The quantitative estimate of drug-likeness (QED) is 0.354. The standard InChI is InChI=1S/C27H25F9O/c1-13(28)26(33)18-10-19(29)24(20(30)11-18)15-4-2-14(3-5-15)16-6-7-23(37-12-16)17-8-21(31)25(22(32)9-17)27(34,35)36/h8-11,14-16,23H,2-7,12H2,1H3/b26-13+. The molecule has 1 saturated carbocycles. The van der Waals surface area contributed by atoms with Crippen LogP contribution in [0.2, 0.25) is 0 Å². The molecule has 2 unspecified atom stereocenters. The Morgan fingerprint density at radius 1 is 0.757 bits per heavy atom. The van der Waals surface area contributed by atoms with Crippen LogP contribution < -0.4 is 0 Å². The molecule has 0 bridgehead atoms. The van der Waals surface area contributed by atoms with Crippen LogP contribution in [0.5, 0.6) is 0 Å². The predicted octanol–water partition coefficient (Wildman–Crippen LogP) is 9.33. The lowest BCUT2D eigenvalue weighted by molar-refractivity contribution is -0.142. The summed E-state index contributed by atoms with van der Waals surface area (Å²) in [6.07, 6.45) is -2.64. The second kappa shape index (κ2) is 10.7. The van der Waals surface area contributed by atoms with Crippen molar-refractivity contribution in [2.75, 3.05) is 6.61 Å². The number of allylic oxidation sites excluding steroid dienone is 1. The summed E-state index contributed by atoms with van der Waals surface area (Å²) < 4.78 is 128. The van der Waals surface area contributed by atoms with Gasteiger partial charge in [-0.25, -0.2) is 26.3 Å². The Morgan fingerprint density at radius 3 is 1.76 bits per heavy atom. The van der Waals surface area contributed by atoms with Crippen LogP contribution in [0.15, 0.2) is 30.1 Å². The molecular formula is C27H25F9O. The molecule has 0 aromatic heterocycles. The molecular weight excluding hydrogens is 511 g/mol. The third kappa shape index (κ3) is 5.84. The highest BCUT2D eigenvalue weighted by molar-refractivity contribution is 5.61. The molecule has 2 aromatic rings. The molecule has 2 fully saturated rings. The fraction of sp³-hybridized carbons (Fsp3) is 0.481. The molecule has 1 nitrogen and oxygen atoms in total. The number of halogens is 9. The van der Waals surface area contributed by atoms with Crippen molar-refractivity contribution in [3.63, 3.8) is 0 Å². The van der Waals surface area contributed by atoms with E-state index in [1.54, 1.807) is 0 Å². The maximum atomic E-state index is 14.6. The van der Waals surface area contributed by atoms with Crippen LogP contribution in [0.25, 0.3) is 5.83 Å². The van der Waals surface area contributed by atoms with Gasteiger partial charge in [0.05, 0.1) is 12.7 Å². The third-order valence-electron chi connectivity index (χ3n) is 7.51. The summed E-state index contributed by atoms with van der Waals surface area (Å²) >= 11 is 0. The van der Waals surface area contributed by atoms with Gasteiger partial charge >= 0.3 is 6.18 Å². The Balaban J connectivity index is 1.36. The van der Waals surface area contributed by atoms with Crippen LogP contribution in [0.4, 0.5) is 39.5 Å². The van der Waals surface area contributed by atoms with E-state index in [9.17, 15) is 39.5 Å². The van der Waals surface area contributed by atoms with Gasteiger partial charge in [-0.05, 0) is 93.0 Å². The molecule has 37 heavy (non-hydrogen) atoms. The van der Waals surface area contributed by atoms with Crippen LogP contribution in [0.3, 0.4) is 0 Å². The first-order valence-corrected chi connectivity index (χ1v) is 12.1. The van der Waals surface area contributed by atoms with E-state index in [-0.39, 0.29) is 29.6 Å². The maximum Gasteiger partial charge on any atom is 0.422 e. The van der Waals surface area contributed by atoms with Crippen LogP contribution in [0, 0.1) is 35.1 Å². The summed E-state index contributed by atoms with van der Waals surface area (Å²) in [7, 11) is 0. The lowest BCUT2D eigenvalue weighted by atomic mass is 9.72. The van der Waals surface area contributed by atoms with Gasteiger partial charge in [0.1, 0.15) is 34.7 Å². The minimum absolute atomic E-state index is 0.00814. The molecule has 0 spiro atoms. The van der Waals surface area contributed by atoms with E-state index in [2.05, 4.69) is 0 Å². The molecule has 4 rings (SSSR count). The van der Waals surface area contributed by atoms with Gasteiger partial charge in [0.25, 0.3) is 0 Å². The third-order valence-corrected chi connectivity index (χ3v) is 7.51. The Morgan fingerprint density at radius 2 is 1.30 bits per heavy atom. The molecule has 1 heterocycles. The molecule has 0 amide bonds. The fourth-order valence-corrected chi connectivity index (χ4v) is 5.64. The molecule has 2 atom stereocenters. The number of hydrogen-bond donors (Lipinski definition) is 0. The second-order valence-corrected chi connectivity index (χ2v) is 9.83. The van der Waals surface area contributed by atoms with E-state index in [0.29, 0.717) is 50.7 Å². The van der Waals surface area contributed by atoms with Gasteiger partial charge in [0.15, 0.2) is 5.83 Å². The zero-order chi connectivity index (χ0) is 27.1. The lowest BCUT2D eigenvalue weighted by Gasteiger charge is -2.38. The van der Waals surface area contributed by atoms with Crippen molar-refractivity contribution in [1.82, 2.24) is 0 Å². The van der Waals surface area contributed by atoms with E-state index in [1.807, 2.05) is 0 Å². The summed E-state index contributed by atoms with van der Waals surface area (Å²) in [6, 6.07) is 2.91. The molecule has 2 aromatic carbocycles. The monoisotopic (exact) mass is 536 g/mol. The highest BCUT2D eigenvalue weighted by atomic mass is 19.4. The van der Waals surface area contributed by atoms with E-state index in [1.165, 1.54) is 0 Å². The topological polar surface area (TPSA) is 9.23 Å². The fourth-order valence-electron chi connectivity index (χ4n) is 5.64. The molecule has 2 aliphatic rings. The van der Waals surface area contributed by atoms with Crippen molar-refractivity contribution in [1.29, 1.82) is 0 Å². The van der Waals surface area contributed by atoms with Crippen molar-refractivity contribution >= 4 is 5.83 Å². The van der Waals surface area contributed by atoms with Crippen molar-refractivity contribution in [3.8, 4) is 0 Å². The van der Waals surface area contributed by atoms with E-state index in [0.717, 1.165) is 19.1 Å². The Hall–Kier alpha value is -2.49. The van der Waals surface area contributed by atoms with E-state index >= 15 is 0 Å². The smallest absolute Gasteiger partial charge is 0.373 e. The zero-order valence-electron chi connectivity index (χ0n) is 19.9. The van der Waals surface area contributed by atoms with E-state index < -0.39 is 64.2 Å². The molecule has 1 aliphatic heterocycles. The maximum absolute atomic E-state index is 14.6. The number of alkyl halides is 3. The number of ether oxygens (including phenoxy) is 1. The lowest BCUT2D eigenvalue weighted by Crippen LogP contribution is -2.30. The first kappa shape index (κ1) is 27.5. The van der Waals surface area contributed by atoms with Gasteiger partial charge < -0.3 is 4.74 Å². The summed E-state index contributed by atoms with van der Waals surface area (Å²) in [6.45, 7) is 1.10. The van der Waals surface area contributed by atoms with Gasteiger partial charge in [0, 0.05) is 11.1 Å². The van der Waals surface area contributed by atoms with Crippen LogP contribution in [0.1, 0.15) is 79.7 Å². The van der Waals surface area contributed by atoms with Crippen LogP contribution in [-0.4, -0.2) is 6.61 Å². The van der Waals surface area contributed by atoms with Crippen molar-refractivity contribution < 1.29 is 44.3 Å². The largest absolute Gasteiger partial charge is 0.422 e. The number of hydrogen-bond acceptors (Lipinski definition) is 1. The normalized spacial score (nSPS) is 25.7. The Kier molecular flexibility index (Phi) is 7.97. The van der Waals surface area contributed by atoms with Gasteiger partial charge in [-0.3, -0.25) is 0 Å². The highest BCUT2D eigenvalue weighted by Gasteiger charge is 2.39. The molecule has 202 valence electrons. The summed E-state index contributed by atoms with van der Waals surface area (Å²) in [4.78, 5) is 0. The Labute approximate surface area is 208 Å². The molecule has 0 N–H and O–H groups in total. The van der Waals surface area contributed by atoms with Crippen molar-refractivity contribution in [2.24, 2.45) is 11.8 Å². The molecule has 1 saturated heterocycles. The van der Waals surface area contributed by atoms with Crippen molar-refractivity contribution in [2.45, 2.75) is 63.6 Å². The van der Waals surface area contributed by atoms with Gasteiger partial charge in [0.2, 0.25) is 0 Å². The number of benzene rings is 2. The average Bonchev–Trinajstić information content (AvgIpc) is 2.82. The predicted molar refractivity (Wildman–Crippen MR) is 119 cm³/mol. The number of rotatable bonds is 4. The van der Waals surface area contributed by atoms with Gasteiger partial charge in [-0.1, -0.05) is 0 Å². The summed E-state index contributed by atoms with van der Waals surface area (Å²) in [5.41, 5.74) is -2.55. The second-order valence-electron chi connectivity index (χ2n) is 9.83. The van der Waals surface area contributed by atoms with Crippen LogP contribution in [-0.2, 0) is 10.9 Å². The minimum Gasteiger partial charge on any atom is -0.373 e. The molecule has 1 aliphatic carbocycles. The van der Waals surface area contributed by atoms with Crippen molar-refractivity contribution in [3.05, 3.63) is 75.6 Å². The van der Waals surface area contributed by atoms with Crippen LogP contribution >= 0.6 is 0 Å². The van der Waals surface area contributed by atoms with Gasteiger partial charge in [-0.15, -0.1) is 0 Å². The SMILES string of the molecule is C/C(F)=C(\F)c1cc(F)c(C2CCC(C3CCC(c4cc(F)c(C(F)(F)F)c(F)c4)OC3)CC2)c(F)c1.